The summed E-state index contributed by atoms with van der Waals surface area (Å²) in [5, 5.41) is 11.8. The summed E-state index contributed by atoms with van der Waals surface area (Å²) in [6.07, 6.45) is 6.21. The largest absolute Gasteiger partial charge is 0.508 e. The SMILES string of the molecule is [2H]C([2H])([2H])N1CC/C(=C\F)[C@](C)(C([2H])([2H])Oc2nc(N3CCOC[C@H]4[C@H](F)[C@H]43)c3cnc(-c4cc(O)cc5ccc(F)c(C#C)c45)c(C)c3n2)C1. The summed E-state index contributed by atoms with van der Waals surface area (Å²) in [5.41, 5.74) is -0.599. The maximum Gasteiger partial charge on any atom is 0.318 e. The molecule has 2 aromatic heterocycles. The fourth-order valence-corrected chi connectivity index (χ4v) is 6.68. The quantitative estimate of drug-likeness (QED) is 0.279. The van der Waals surface area contributed by atoms with Crippen molar-refractivity contribution in [2.75, 3.05) is 51.3 Å². The number of phenolic OH excluding ortho intramolecular Hbond substituents is 1. The molecule has 46 heavy (non-hydrogen) atoms. The number of halogens is 3. The lowest BCUT2D eigenvalue weighted by Gasteiger charge is -2.40. The van der Waals surface area contributed by atoms with Crippen LogP contribution in [-0.4, -0.2) is 83.6 Å². The van der Waals surface area contributed by atoms with Crippen LogP contribution in [0.4, 0.5) is 19.0 Å². The average molecular weight is 635 g/mol. The minimum atomic E-state index is -2.75. The summed E-state index contributed by atoms with van der Waals surface area (Å²) in [5.74, 6) is 1.40. The van der Waals surface area contributed by atoms with Crippen molar-refractivity contribution >= 4 is 27.5 Å². The minimum absolute atomic E-state index is 0.0114. The van der Waals surface area contributed by atoms with Crippen LogP contribution in [0.5, 0.6) is 11.8 Å². The summed E-state index contributed by atoms with van der Waals surface area (Å²) in [4.78, 5) is 16.7. The average Bonchev–Trinajstić information content (AvgIpc) is 3.77. The lowest BCUT2D eigenvalue weighted by Crippen LogP contribution is -2.44. The second kappa shape index (κ2) is 11.4. The van der Waals surface area contributed by atoms with Crippen LogP contribution in [0.25, 0.3) is 32.9 Å². The van der Waals surface area contributed by atoms with E-state index < -0.39 is 55.5 Å². The molecule has 0 bridgehead atoms. The van der Waals surface area contributed by atoms with Gasteiger partial charge in [0, 0.05) is 57.8 Å². The summed E-state index contributed by atoms with van der Waals surface area (Å²) in [6.45, 7) is -1.95. The van der Waals surface area contributed by atoms with Crippen molar-refractivity contribution in [2.24, 2.45) is 11.3 Å². The van der Waals surface area contributed by atoms with E-state index in [0.29, 0.717) is 27.3 Å². The molecule has 0 spiro atoms. The first-order valence-corrected chi connectivity index (χ1v) is 14.9. The normalized spacial score (nSPS) is 28.0. The minimum Gasteiger partial charge on any atom is -0.508 e. The molecular formula is C35H34F3N5O3. The van der Waals surface area contributed by atoms with E-state index in [1.54, 1.807) is 11.8 Å². The number of pyridine rings is 1. The van der Waals surface area contributed by atoms with E-state index in [0.717, 1.165) is 4.90 Å². The molecular weight excluding hydrogens is 595 g/mol. The van der Waals surface area contributed by atoms with E-state index in [4.69, 9.17) is 27.7 Å². The van der Waals surface area contributed by atoms with Crippen molar-refractivity contribution in [2.45, 2.75) is 32.5 Å². The Hall–Kier alpha value is -4.40. The molecule has 11 heteroatoms. The van der Waals surface area contributed by atoms with Crippen LogP contribution in [0, 0.1) is 36.4 Å². The zero-order valence-electron chi connectivity index (χ0n) is 30.1. The van der Waals surface area contributed by atoms with Crippen molar-refractivity contribution < 1.29 is 34.6 Å². The predicted molar refractivity (Wildman–Crippen MR) is 170 cm³/mol. The number of fused-ring (bicyclic) bond motifs is 3. The van der Waals surface area contributed by atoms with E-state index in [9.17, 15) is 13.9 Å². The third-order valence-corrected chi connectivity index (χ3v) is 9.21. The van der Waals surface area contributed by atoms with Crippen molar-refractivity contribution in [1.29, 1.82) is 0 Å². The zero-order chi connectivity index (χ0) is 36.6. The topological polar surface area (TPSA) is 83.8 Å². The Kier molecular flexibility index (Phi) is 6.16. The molecule has 7 rings (SSSR count). The molecule has 1 saturated carbocycles. The zero-order valence-corrected chi connectivity index (χ0v) is 25.1. The van der Waals surface area contributed by atoms with Gasteiger partial charge in [-0.15, -0.1) is 6.42 Å². The van der Waals surface area contributed by atoms with Gasteiger partial charge < -0.3 is 24.4 Å². The number of aromatic hydroxyl groups is 1. The van der Waals surface area contributed by atoms with Crippen LogP contribution in [0.15, 0.2) is 42.4 Å². The van der Waals surface area contributed by atoms with E-state index in [1.807, 2.05) is 0 Å². The number of aryl methyl sites for hydroxylation is 1. The molecule has 2 aliphatic heterocycles. The van der Waals surface area contributed by atoms with E-state index in [1.165, 1.54) is 37.4 Å². The van der Waals surface area contributed by atoms with Gasteiger partial charge in [-0.05, 0) is 49.5 Å². The molecule has 1 N–H and O–H groups in total. The molecule has 4 heterocycles. The molecule has 0 radical (unpaired) electrons. The standard InChI is InChI=1S/C35H34F3N5O3/c1-5-23-27(37)7-6-20-12-22(44)13-24(28(20)23)30-19(2)31-25(15-39-30)33(43-10-11-45-16-26-29(38)32(26)43)41-34(40-31)46-18-35(3)17-42(4)9-8-21(35)14-36/h1,6-7,12-15,26,29,32,44H,8-11,16-18H2,2-4H3/b21-14+/t26-,29-,32-,35-/m0/s1/i4D3,18D2. The summed E-state index contributed by atoms with van der Waals surface area (Å²) < 4.78 is 97.8. The number of phenols is 1. The van der Waals surface area contributed by atoms with E-state index in [-0.39, 0.29) is 73.0 Å². The highest BCUT2D eigenvalue weighted by molar-refractivity contribution is 6.04. The highest BCUT2D eigenvalue weighted by Crippen LogP contribution is 2.45. The Balaban J connectivity index is 1.42. The van der Waals surface area contributed by atoms with Crippen LogP contribution in [0.2, 0.25) is 0 Å². The molecule has 4 aromatic rings. The molecule has 0 amide bonds. The van der Waals surface area contributed by atoms with Gasteiger partial charge in [0.2, 0.25) is 0 Å². The number of terminal acetylenes is 1. The predicted octanol–water partition coefficient (Wildman–Crippen LogP) is 5.73. The lowest BCUT2D eigenvalue weighted by molar-refractivity contribution is 0.109. The Bertz CT molecular complexity index is 2140. The third-order valence-electron chi connectivity index (χ3n) is 9.21. The third kappa shape index (κ3) is 5.00. The van der Waals surface area contributed by atoms with Crippen molar-refractivity contribution in [1.82, 2.24) is 19.9 Å². The Labute approximate surface area is 271 Å². The highest BCUT2D eigenvalue weighted by Gasteiger charge is 2.56. The first kappa shape index (κ1) is 24.8. The summed E-state index contributed by atoms with van der Waals surface area (Å²) in [6, 6.07) is 4.49. The van der Waals surface area contributed by atoms with Gasteiger partial charge in [-0.25, -0.2) is 13.2 Å². The second-order valence-electron chi connectivity index (χ2n) is 12.2. The number of aromatic nitrogens is 3. The summed E-state index contributed by atoms with van der Waals surface area (Å²) in [7, 11) is 0. The number of alkyl halides is 1. The maximum absolute atomic E-state index is 15.1. The van der Waals surface area contributed by atoms with Gasteiger partial charge in [-0.1, -0.05) is 18.9 Å². The highest BCUT2D eigenvalue weighted by atomic mass is 19.1. The number of hydrogen-bond acceptors (Lipinski definition) is 8. The number of likely N-dealkylation sites (tertiary alicyclic amines) is 1. The van der Waals surface area contributed by atoms with Crippen LogP contribution >= 0.6 is 0 Å². The second-order valence-corrected chi connectivity index (χ2v) is 12.2. The van der Waals surface area contributed by atoms with Gasteiger partial charge in [0.1, 0.15) is 30.1 Å². The van der Waals surface area contributed by atoms with Gasteiger partial charge >= 0.3 is 6.01 Å². The lowest BCUT2D eigenvalue weighted by atomic mass is 9.78. The Morgan fingerprint density at radius 2 is 2.17 bits per heavy atom. The molecule has 238 valence electrons. The summed E-state index contributed by atoms with van der Waals surface area (Å²) >= 11 is 0. The van der Waals surface area contributed by atoms with Gasteiger partial charge in [0.05, 0.1) is 50.5 Å². The number of nitrogens with zero attached hydrogens (tertiary/aromatic N) is 5. The molecule has 2 saturated heterocycles. The number of anilines is 1. The van der Waals surface area contributed by atoms with Crippen LogP contribution in [0.1, 0.15) is 31.3 Å². The molecule has 8 nitrogen and oxygen atoms in total. The van der Waals surface area contributed by atoms with Crippen molar-refractivity contribution in [3.05, 3.63) is 59.3 Å². The first-order valence-electron chi connectivity index (χ1n) is 17.4. The van der Waals surface area contributed by atoms with Gasteiger partial charge in [-0.3, -0.25) is 4.98 Å². The molecule has 0 unspecified atom stereocenters. The number of hydrogen-bond donors (Lipinski definition) is 1. The number of benzene rings is 2. The molecule has 3 fully saturated rings. The van der Waals surface area contributed by atoms with Gasteiger partial charge in [-0.2, -0.15) is 9.97 Å². The number of ether oxygens (including phenoxy) is 2. The molecule has 4 atom stereocenters. The number of rotatable bonds is 5. The Morgan fingerprint density at radius 3 is 2.96 bits per heavy atom. The van der Waals surface area contributed by atoms with Crippen LogP contribution in [-0.2, 0) is 4.74 Å². The fourth-order valence-electron chi connectivity index (χ4n) is 6.68. The van der Waals surface area contributed by atoms with Crippen molar-refractivity contribution in [3.8, 4) is 35.4 Å². The molecule has 2 aromatic carbocycles. The van der Waals surface area contributed by atoms with Crippen molar-refractivity contribution in [3.63, 3.8) is 0 Å². The fraction of sp³-hybridized carbons (Fsp3) is 0.400. The van der Waals surface area contributed by atoms with E-state index >= 15 is 4.39 Å². The smallest absolute Gasteiger partial charge is 0.318 e. The van der Waals surface area contributed by atoms with E-state index in [2.05, 4.69) is 15.9 Å². The maximum atomic E-state index is 15.1. The first-order chi connectivity index (χ1) is 24.1. The van der Waals surface area contributed by atoms with Gasteiger partial charge in [0.15, 0.2) is 0 Å². The number of piperidine rings is 1. The molecule has 3 aliphatic rings. The molecule has 1 aliphatic carbocycles. The Morgan fingerprint density at radius 1 is 1.33 bits per heavy atom. The van der Waals surface area contributed by atoms with Gasteiger partial charge in [0.25, 0.3) is 0 Å². The monoisotopic (exact) mass is 634 g/mol. The van der Waals surface area contributed by atoms with Crippen LogP contribution in [0.3, 0.4) is 0 Å². The van der Waals surface area contributed by atoms with Crippen LogP contribution < -0.4 is 9.64 Å².